The molecule has 1 atom stereocenters. The third-order valence-electron chi connectivity index (χ3n) is 3.73. The topological polar surface area (TPSA) is 88.5 Å². The molecule has 8 heteroatoms. The molecule has 1 aromatic heterocycles. The van der Waals surface area contributed by atoms with Crippen LogP contribution in [0.5, 0.6) is 0 Å². The van der Waals surface area contributed by atoms with Crippen LogP contribution in [0.4, 0.5) is 0 Å². The molecule has 1 saturated heterocycles. The number of piperidine rings is 1. The van der Waals surface area contributed by atoms with Crippen LogP contribution in [0.15, 0.2) is 17.4 Å². The fraction of sp³-hybridized carbons (Fsp3) is 0.643. The third kappa shape index (κ3) is 5.47. The van der Waals surface area contributed by atoms with Crippen molar-refractivity contribution in [1.82, 2.24) is 20.0 Å². The van der Waals surface area contributed by atoms with E-state index in [9.17, 15) is 4.79 Å². The number of halogens is 1. The summed E-state index contributed by atoms with van der Waals surface area (Å²) in [5.41, 5.74) is 6.42. The van der Waals surface area contributed by atoms with E-state index in [-0.39, 0.29) is 29.9 Å². The zero-order valence-corrected chi connectivity index (χ0v) is 15.5. The predicted molar refractivity (Wildman–Crippen MR) is 96.9 cm³/mol. The Balaban J connectivity index is 0.00000242. The second kappa shape index (κ2) is 8.96. The number of amides is 1. The zero-order chi connectivity index (χ0) is 15.2. The van der Waals surface area contributed by atoms with Gasteiger partial charge in [0.15, 0.2) is 5.96 Å². The van der Waals surface area contributed by atoms with Crippen LogP contribution in [-0.2, 0) is 18.4 Å². The Bertz CT molecular complexity index is 515. The molecule has 1 aliphatic heterocycles. The number of nitrogens with zero attached hydrogens (tertiary/aromatic N) is 4. The van der Waals surface area contributed by atoms with Crippen molar-refractivity contribution in [3.8, 4) is 0 Å². The number of guanidine groups is 1. The molecule has 0 saturated carbocycles. The van der Waals surface area contributed by atoms with Gasteiger partial charge < -0.3 is 16.0 Å². The summed E-state index contributed by atoms with van der Waals surface area (Å²) in [6, 6.07) is 0. The minimum Gasteiger partial charge on any atom is -0.370 e. The molecule has 1 fully saturated rings. The summed E-state index contributed by atoms with van der Waals surface area (Å²) in [5, 5.41) is 7.50. The van der Waals surface area contributed by atoms with E-state index in [1.54, 1.807) is 11.7 Å². The number of aromatic nitrogens is 2. The second-order valence-electron chi connectivity index (χ2n) is 5.55. The van der Waals surface area contributed by atoms with E-state index in [4.69, 9.17) is 5.73 Å². The average Bonchev–Trinajstić information content (AvgIpc) is 2.85. The van der Waals surface area contributed by atoms with E-state index in [0.29, 0.717) is 18.9 Å². The number of hydrogen-bond acceptors (Lipinski definition) is 3. The minimum absolute atomic E-state index is 0. The molecular weight excluding hydrogens is 395 g/mol. The van der Waals surface area contributed by atoms with E-state index in [0.717, 1.165) is 37.5 Å². The van der Waals surface area contributed by atoms with Crippen molar-refractivity contribution in [1.29, 1.82) is 0 Å². The summed E-state index contributed by atoms with van der Waals surface area (Å²) in [6.45, 7) is 2.48. The van der Waals surface area contributed by atoms with Crippen LogP contribution in [0.3, 0.4) is 0 Å². The Morgan fingerprint density at radius 3 is 2.95 bits per heavy atom. The van der Waals surface area contributed by atoms with Crippen LogP contribution in [0, 0.1) is 5.92 Å². The van der Waals surface area contributed by atoms with Crippen LogP contribution in [0.1, 0.15) is 24.8 Å². The number of primary amides is 1. The Labute approximate surface area is 148 Å². The number of aryl methyl sites for hydroxylation is 1. The van der Waals surface area contributed by atoms with Crippen LogP contribution >= 0.6 is 24.0 Å². The number of likely N-dealkylation sites (tertiary alicyclic amines) is 1. The molecule has 0 bridgehead atoms. The number of hydrogen-bond donors (Lipinski definition) is 2. The normalized spacial score (nSPS) is 18.7. The number of carbonyl (C=O) groups is 1. The van der Waals surface area contributed by atoms with Gasteiger partial charge in [-0.1, -0.05) is 0 Å². The lowest BCUT2D eigenvalue weighted by molar-refractivity contribution is -0.119. The fourth-order valence-corrected chi connectivity index (χ4v) is 2.79. The van der Waals surface area contributed by atoms with Gasteiger partial charge in [0.25, 0.3) is 0 Å². The molecule has 1 amide bonds. The molecule has 2 rings (SSSR count). The number of carbonyl (C=O) groups excluding carboxylic acids is 1. The lowest BCUT2D eigenvalue weighted by atomic mass is 9.95. The van der Waals surface area contributed by atoms with Gasteiger partial charge in [0.1, 0.15) is 0 Å². The zero-order valence-electron chi connectivity index (χ0n) is 13.2. The number of rotatable bonds is 4. The Morgan fingerprint density at radius 2 is 2.36 bits per heavy atom. The Kier molecular flexibility index (Phi) is 7.63. The van der Waals surface area contributed by atoms with E-state index in [2.05, 4.69) is 20.3 Å². The summed E-state index contributed by atoms with van der Waals surface area (Å²) in [7, 11) is 3.68. The average molecular weight is 420 g/mol. The van der Waals surface area contributed by atoms with Crippen molar-refractivity contribution < 1.29 is 4.79 Å². The largest absolute Gasteiger partial charge is 0.370 e. The molecule has 1 unspecified atom stereocenters. The van der Waals surface area contributed by atoms with E-state index in [1.807, 2.05) is 19.4 Å². The summed E-state index contributed by atoms with van der Waals surface area (Å²) in [5.74, 6) is 0.973. The standard InChI is InChI=1S/C14H24N6O.HI/c1-16-14(17-7-12-8-18-19(2)9-12)20-5-3-4-11(10-20)6-13(15)21;/h8-9,11H,3-7,10H2,1-2H3,(H2,15,21)(H,16,17);1H. The van der Waals surface area contributed by atoms with Crippen LogP contribution in [0.2, 0.25) is 0 Å². The molecule has 1 aromatic rings. The van der Waals surface area contributed by atoms with Gasteiger partial charge in [-0.2, -0.15) is 5.10 Å². The maximum atomic E-state index is 11.1. The van der Waals surface area contributed by atoms with Gasteiger partial charge in [0.05, 0.1) is 6.20 Å². The molecule has 7 nitrogen and oxygen atoms in total. The number of nitrogens with two attached hydrogens (primary N) is 1. The molecule has 0 aliphatic carbocycles. The first-order valence-corrected chi connectivity index (χ1v) is 7.30. The quantitative estimate of drug-likeness (QED) is 0.427. The van der Waals surface area contributed by atoms with Crippen molar-refractivity contribution >= 4 is 35.8 Å². The molecule has 22 heavy (non-hydrogen) atoms. The highest BCUT2D eigenvalue weighted by Gasteiger charge is 2.23. The van der Waals surface area contributed by atoms with Crippen molar-refractivity contribution in [2.45, 2.75) is 25.8 Å². The third-order valence-corrected chi connectivity index (χ3v) is 3.73. The number of aliphatic imine (C=N–C) groups is 1. The second-order valence-corrected chi connectivity index (χ2v) is 5.55. The van der Waals surface area contributed by atoms with Gasteiger partial charge >= 0.3 is 0 Å². The SMILES string of the molecule is CN=C(NCc1cnn(C)c1)N1CCCC(CC(N)=O)C1.I. The maximum Gasteiger partial charge on any atom is 0.217 e. The highest BCUT2D eigenvalue weighted by atomic mass is 127. The maximum absolute atomic E-state index is 11.1. The molecule has 124 valence electrons. The summed E-state index contributed by atoms with van der Waals surface area (Å²) >= 11 is 0. The van der Waals surface area contributed by atoms with Crippen molar-refractivity contribution in [2.75, 3.05) is 20.1 Å². The van der Waals surface area contributed by atoms with Gasteiger partial charge in [-0.05, 0) is 18.8 Å². The molecular formula is C14H25IN6O. The molecule has 0 aromatic carbocycles. The van der Waals surface area contributed by atoms with Gasteiger partial charge in [0.2, 0.25) is 5.91 Å². The monoisotopic (exact) mass is 420 g/mol. The number of nitrogens with one attached hydrogen (secondary N) is 1. The fourth-order valence-electron chi connectivity index (χ4n) is 2.79. The first-order valence-electron chi connectivity index (χ1n) is 7.30. The van der Waals surface area contributed by atoms with Gasteiger partial charge in [-0.15, -0.1) is 24.0 Å². The Hall–Kier alpha value is -1.32. The van der Waals surface area contributed by atoms with E-state index in [1.165, 1.54) is 0 Å². The summed E-state index contributed by atoms with van der Waals surface area (Å²) in [4.78, 5) is 17.6. The smallest absolute Gasteiger partial charge is 0.217 e. The first-order chi connectivity index (χ1) is 10.1. The van der Waals surface area contributed by atoms with E-state index >= 15 is 0 Å². The van der Waals surface area contributed by atoms with Crippen molar-refractivity contribution in [2.24, 2.45) is 23.7 Å². The Morgan fingerprint density at radius 1 is 1.59 bits per heavy atom. The highest BCUT2D eigenvalue weighted by Crippen LogP contribution is 2.19. The molecule has 1 aliphatic rings. The molecule has 3 N–H and O–H groups in total. The predicted octanol–water partition coefficient (Wildman–Crippen LogP) is 0.701. The summed E-state index contributed by atoms with van der Waals surface area (Å²) in [6.07, 6.45) is 6.39. The molecule has 0 spiro atoms. The van der Waals surface area contributed by atoms with Crippen LogP contribution < -0.4 is 11.1 Å². The van der Waals surface area contributed by atoms with Gasteiger partial charge in [0, 0.05) is 51.9 Å². The van der Waals surface area contributed by atoms with Crippen LogP contribution in [0.25, 0.3) is 0 Å². The van der Waals surface area contributed by atoms with Crippen LogP contribution in [-0.4, -0.2) is 46.7 Å². The van der Waals surface area contributed by atoms with Gasteiger partial charge in [-0.25, -0.2) is 0 Å². The summed E-state index contributed by atoms with van der Waals surface area (Å²) < 4.78 is 1.78. The minimum atomic E-state index is -0.222. The van der Waals surface area contributed by atoms with Crippen molar-refractivity contribution in [3.05, 3.63) is 18.0 Å². The van der Waals surface area contributed by atoms with E-state index < -0.39 is 0 Å². The lowest BCUT2D eigenvalue weighted by Gasteiger charge is -2.34. The van der Waals surface area contributed by atoms with Gasteiger partial charge in [-0.3, -0.25) is 14.5 Å². The molecule has 2 heterocycles. The lowest BCUT2D eigenvalue weighted by Crippen LogP contribution is -2.46. The highest BCUT2D eigenvalue weighted by molar-refractivity contribution is 14.0. The van der Waals surface area contributed by atoms with Crippen molar-refractivity contribution in [3.63, 3.8) is 0 Å². The molecule has 0 radical (unpaired) electrons. The first kappa shape index (κ1) is 18.7.